The number of carbonyl (C=O) groups is 1. The number of carboxylic acids is 1. The van der Waals surface area contributed by atoms with Gasteiger partial charge in [0.15, 0.2) is 6.10 Å². The fourth-order valence-corrected chi connectivity index (χ4v) is 3.04. The molecule has 0 aromatic heterocycles. The predicted molar refractivity (Wildman–Crippen MR) is 98.8 cm³/mol. The number of hydrogen-bond donors (Lipinski definition) is 2. The zero-order valence-electron chi connectivity index (χ0n) is 14.2. The van der Waals surface area contributed by atoms with E-state index in [-0.39, 0.29) is 6.61 Å². The summed E-state index contributed by atoms with van der Waals surface area (Å²) in [5.41, 5.74) is 1.54. The normalized spacial score (nSPS) is 12.5. The largest absolute Gasteiger partial charge is 0.479 e. The molecule has 4 nitrogen and oxygen atoms in total. The molecular weight excluding hydrogens is 328 g/mol. The first-order valence-electron chi connectivity index (χ1n) is 8.36. The molecule has 2 N–H and O–H groups in total. The summed E-state index contributed by atoms with van der Waals surface area (Å²) >= 11 is 0. The second kappa shape index (κ2) is 7.95. The van der Waals surface area contributed by atoms with Crippen LogP contribution >= 0.6 is 0 Å². The Labute approximate surface area is 152 Å². The van der Waals surface area contributed by atoms with Crippen molar-refractivity contribution in [2.45, 2.75) is 11.7 Å². The molecule has 3 aromatic rings. The summed E-state index contributed by atoms with van der Waals surface area (Å²) in [6.45, 7) is -0.339. The molecule has 0 bridgehead atoms. The zero-order chi connectivity index (χ0) is 18.4. The number of aliphatic hydroxyl groups is 1. The lowest BCUT2D eigenvalue weighted by Gasteiger charge is -2.36. The van der Waals surface area contributed by atoms with E-state index < -0.39 is 17.7 Å². The van der Waals surface area contributed by atoms with Gasteiger partial charge in [-0.3, -0.25) is 0 Å². The van der Waals surface area contributed by atoms with Crippen LogP contribution in [0.2, 0.25) is 0 Å². The highest BCUT2D eigenvalue weighted by atomic mass is 16.5. The van der Waals surface area contributed by atoms with Gasteiger partial charge in [0.2, 0.25) is 0 Å². The van der Waals surface area contributed by atoms with E-state index in [2.05, 4.69) is 0 Å². The SMILES string of the molecule is O=C(O)C(O)COC(c1ccccc1)(c1ccccc1)c1ccccc1. The van der Waals surface area contributed by atoms with Crippen LogP contribution in [0.15, 0.2) is 91.0 Å². The van der Waals surface area contributed by atoms with E-state index in [0.717, 1.165) is 16.7 Å². The highest BCUT2D eigenvalue weighted by Crippen LogP contribution is 2.40. The van der Waals surface area contributed by atoms with Crippen LogP contribution in [0, 0.1) is 0 Å². The van der Waals surface area contributed by atoms with Crippen LogP contribution in [0.4, 0.5) is 0 Å². The highest BCUT2D eigenvalue weighted by Gasteiger charge is 2.38. The third-order valence-corrected chi connectivity index (χ3v) is 4.28. The monoisotopic (exact) mass is 348 g/mol. The van der Waals surface area contributed by atoms with Crippen molar-refractivity contribution in [3.63, 3.8) is 0 Å². The molecule has 26 heavy (non-hydrogen) atoms. The van der Waals surface area contributed by atoms with Crippen molar-refractivity contribution in [1.29, 1.82) is 0 Å². The van der Waals surface area contributed by atoms with Crippen LogP contribution in [0.1, 0.15) is 16.7 Å². The van der Waals surface area contributed by atoms with Crippen molar-refractivity contribution in [2.24, 2.45) is 0 Å². The first kappa shape index (κ1) is 17.9. The quantitative estimate of drug-likeness (QED) is 0.642. The summed E-state index contributed by atoms with van der Waals surface area (Å²) in [4.78, 5) is 11.1. The van der Waals surface area contributed by atoms with Crippen LogP contribution in [0.25, 0.3) is 0 Å². The van der Waals surface area contributed by atoms with Crippen LogP contribution in [0.3, 0.4) is 0 Å². The van der Waals surface area contributed by atoms with Crippen LogP contribution in [-0.4, -0.2) is 28.9 Å². The number of aliphatic carboxylic acids is 1. The van der Waals surface area contributed by atoms with Crippen molar-refractivity contribution in [3.8, 4) is 0 Å². The molecule has 1 unspecified atom stereocenters. The van der Waals surface area contributed by atoms with Gasteiger partial charge < -0.3 is 14.9 Å². The average molecular weight is 348 g/mol. The fourth-order valence-electron chi connectivity index (χ4n) is 3.04. The van der Waals surface area contributed by atoms with Gasteiger partial charge in [-0.2, -0.15) is 0 Å². The molecule has 132 valence electrons. The Bertz CT molecular complexity index is 735. The molecule has 0 aliphatic rings. The third kappa shape index (κ3) is 3.52. The Morgan fingerprint density at radius 1 is 0.769 bits per heavy atom. The van der Waals surface area contributed by atoms with Gasteiger partial charge in [0.25, 0.3) is 0 Å². The van der Waals surface area contributed by atoms with E-state index in [1.807, 2.05) is 91.0 Å². The molecular formula is C22H20O4. The minimum Gasteiger partial charge on any atom is -0.479 e. The van der Waals surface area contributed by atoms with Crippen molar-refractivity contribution in [2.75, 3.05) is 6.61 Å². The van der Waals surface area contributed by atoms with E-state index in [1.54, 1.807) is 0 Å². The predicted octanol–water partition coefficient (Wildman–Crippen LogP) is 3.44. The Morgan fingerprint density at radius 2 is 1.12 bits per heavy atom. The summed E-state index contributed by atoms with van der Waals surface area (Å²) in [6, 6.07) is 28.8. The van der Waals surface area contributed by atoms with Crippen molar-refractivity contribution >= 4 is 5.97 Å². The maximum absolute atomic E-state index is 11.1. The van der Waals surface area contributed by atoms with Gasteiger partial charge in [-0.25, -0.2) is 4.79 Å². The van der Waals surface area contributed by atoms with E-state index in [4.69, 9.17) is 9.84 Å². The standard InChI is InChI=1S/C22H20O4/c23-20(21(24)25)16-26-22(17-10-4-1-5-11-17,18-12-6-2-7-13-18)19-14-8-3-9-15-19/h1-15,20,23H,16H2,(H,24,25). The van der Waals surface area contributed by atoms with E-state index in [9.17, 15) is 9.90 Å². The zero-order valence-corrected chi connectivity index (χ0v) is 14.2. The molecule has 0 heterocycles. The third-order valence-electron chi connectivity index (χ3n) is 4.28. The van der Waals surface area contributed by atoms with Crippen molar-refractivity contribution in [1.82, 2.24) is 0 Å². The minimum atomic E-state index is -1.61. The van der Waals surface area contributed by atoms with Gasteiger partial charge in [0.05, 0.1) is 6.61 Å². The van der Waals surface area contributed by atoms with Crippen molar-refractivity contribution < 1.29 is 19.7 Å². The van der Waals surface area contributed by atoms with Gasteiger partial charge in [-0.1, -0.05) is 91.0 Å². The second-order valence-electron chi connectivity index (χ2n) is 5.94. The molecule has 0 radical (unpaired) electrons. The molecule has 0 amide bonds. The number of benzene rings is 3. The molecule has 0 saturated carbocycles. The first-order chi connectivity index (χ1) is 12.6. The average Bonchev–Trinajstić information content (AvgIpc) is 2.70. The van der Waals surface area contributed by atoms with Gasteiger partial charge in [-0.05, 0) is 16.7 Å². The second-order valence-corrected chi connectivity index (χ2v) is 5.94. The maximum Gasteiger partial charge on any atom is 0.334 e. The number of rotatable bonds is 7. The van der Waals surface area contributed by atoms with Crippen molar-refractivity contribution in [3.05, 3.63) is 108 Å². The minimum absolute atomic E-state index is 0.339. The number of hydrogen-bond acceptors (Lipinski definition) is 3. The molecule has 3 aromatic carbocycles. The number of aliphatic hydroxyl groups excluding tert-OH is 1. The fraction of sp³-hybridized carbons (Fsp3) is 0.136. The molecule has 0 saturated heterocycles. The smallest absolute Gasteiger partial charge is 0.334 e. The van der Waals surface area contributed by atoms with Gasteiger partial charge in [0, 0.05) is 0 Å². The Morgan fingerprint density at radius 3 is 1.42 bits per heavy atom. The molecule has 0 aliphatic carbocycles. The summed E-state index contributed by atoms with van der Waals surface area (Å²) < 4.78 is 6.18. The molecule has 0 fully saturated rings. The molecule has 3 rings (SSSR count). The first-order valence-corrected chi connectivity index (χ1v) is 8.36. The van der Waals surface area contributed by atoms with Crippen LogP contribution in [-0.2, 0) is 15.1 Å². The van der Waals surface area contributed by atoms with E-state index >= 15 is 0 Å². The highest BCUT2D eigenvalue weighted by molar-refractivity contribution is 5.72. The lowest BCUT2D eigenvalue weighted by molar-refractivity contribution is -0.152. The molecule has 4 heteroatoms. The summed E-state index contributed by atoms with van der Waals surface area (Å²) in [5.74, 6) is -1.31. The Balaban J connectivity index is 2.19. The molecule has 1 atom stereocenters. The Kier molecular flexibility index (Phi) is 5.46. The molecule has 0 spiro atoms. The summed E-state index contributed by atoms with van der Waals surface area (Å²) in [6.07, 6.45) is -1.61. The van der Waals surface area contributed by atoms with Gasteiger partial charge >= 0.3 is 5.97 Å². The summed E-state index contributed by atoms with van der Waals surface area (Å²) in [7, 11) is 0. The topological polar surface area (TPSA) is 66.8 Å². The van der Waals surface area contributed by atoms with E-state index in [0.29, 0.717) is 0 Å². The Hall–Kier alpha value is -2.95. The van der Waals surface area contributed by atoms with Gasteiger partial charge in [0.1, 0.15) is 5.60 Å². The number of carboxylic acid groups (broad SMARTS) is 1. The van der Waals surface area contributed by atoms with Crippen LogP contribution < -0.4 is 0 Å². The maximum atomic E-state index is 11.1. The summed E-state index contributed by atoms with van der Waals surface area (Å²) in [5, 5.41) is 18.9. The van der Waals surface area contributed by atoms with Gasteiger partial charge in [-0.15, -0.1) is 0 Å². The number of ether oxygens (including phenoxy) is 1. The van der Waals surface area contributed by atoms with E-state index in [1.165, 1.54) is 0 Å². The van der Waals surface area contributed by atoms with Crippen LogP contribution in [0.5, 0.6) is 0 Å². The lowest BCUT2D eigenvalue weighted by atomic mass is 9.80. The molecule has 0 aliphatic heterocycles. The lowest BCUT2D eigenvalue weighted by Crippen LogP contribution is -2.37.